The van der Waals surface area contributed by atoms with Crippen LogP contribution in [0.1, 0.15) is 15.6 Å². The van der Waals surface area contributed by atoms with Gasteiger partial charge in [-0.3, -0.25) is 4.99 Å². The minimum Gasteiger partial charge on any atom is -0.356 e. The number of nitrogens with one attached hydrogen (secondary N) is 2. The maximum atomic E-state index is 4.41. The molecule has 0 bridgehead atoms. The maximum absolute atomic E-state index is 4.41. The number of aliphatic imine (C=N–C) groups is 1. The quantitative estimate of drug-likeness (QED) is 0.345. The molecule has 1 rings (SSSR count). The van der Waals surface area contributed by atoms with Gasteiger partial charge in [0, 0.05) is 24.2 Å². The smallest absolute Gasteiger partial charge is 0.191 e. The number of aromatic nitrogens is 1. The number of thioether (sulfide) groups is 1. The molecule has 0 saturated heterocycles. The molecule has 0 amide bonds. The molecule has 4 nitrogen and oxygen atoms in total. The lowest BCUT2D eigenvalue weighted by Gasteiger charge is -2.10. The Kier molecular flexibility index (Phi) is 9.84. The minimum absolute atomic E-state index is 0. The van der Waals surface area contributed by atoms with E-state index in [1.54, 1.807) is 18.4 Å². The first-order valence-electron chi connectivity index (χ1n) is 5.53. The van der Waals surface area contributed by atoms with Crippen molar-refractivity contribution in [3.05, 3.63) is 15.6 Å². The zero-order valence-electron chi connectivity index (χ0n) is 11.2. The summed E-state index contributed by atoms with van der Waals surface area (Å²) < 4.78 is 0. The van der Waals surface area contributed by atoms with Crippen molar-refractivity contribution in [1.29, 1.82) is 0 Å². The number of guanidine groups is 1. The highest BCUT2D eigenvalue weighted by Gasteiger charge is 2.05. The Morgan fingerprint density at radius 3 is 2.61 bits per heavy atom. The number of rotatable bonds is 5. The Balaban J connectivity index is 0.00000289. The molecular formula is C11H21IN4S2. The summed E-state index contributed by atoms with van der Waals surface area (Å²) in [6, 6.07) is 0. The monoisotopic (exact) mass is 400 g/mol. The van der Waals surface area contributed by atoms with Crippen LogP contribution in [0.15, 0.2) is 4.99 Å². The predicted molar refractivity (Wildman–Crippen MR) is 93.6 cm³/mol. The van der Waals surface area contributed by atoms with Crippen LogP contribution in [0, 0.1) is 13.8 Å². The van der Waals surface area contributed by atoms with Gasteiger partial charge in [0.2, 0.25) is 0 Å². The van der Waals surface area contributed by atoms with Gasteiger partial charge in [-0.15, -0.1) is 35.3 Å². The molecule has 0 radical (unpaired) electrons. The van der Waals surface area contributed by atoms with Crippen LogP contribution in [0.25, 0.3) is 0 Å². The van der Waals surface area contributed by atoms with E-state index >= 15 is 0 Å². The molecule has 0 atom stereocenters. The normalized spacial score (nSPS) is 11.0. The summed E-state index contributed by atoms with van der Waals surface area (Å²) in [6.07, 6.45) is 2.10. The van der Waals surface area contributed by atoms with Crippen LogP contribution in [0.3, 0.4) is 0 Å². The molecule has 0 saturated carbocycles. The lowest BCUT2D eigenvalue weighted by atomic mass is 10.4. The van der Waals surface area contributed by atoms with Crippen molar-refractivity contribution in [2.45, 2.75) is 20.4 Å². The molecule has 2 N–H and O–H groups in total. The van der Waals surface area contributed by atoms with Gasteiger partial charge in [-0.25, -0.2) is 4.98 Å². The van der Waals surface area contributed by atoms with E-state index in [0.717, 1.165) is 35.5 Å². The Hall–Kier alpha value is -0.0200. The van der Waals surface area contributed by atoms with Crippen LogP contribution >= 0.6 is 47.1 Å². The van der Waals surface area contributed by atoms with Gasteiger partial charge in [0.1, 0.15) is 0 Å². The number of aryl methyl sites for hydroxylation is 2. The molecule has 0 fully saturated rings. The molecular weight excluding hydrogens is 379 g/mol. The Morgan fingerprint density at radius 2 is 2.11 bits per heavy atom. The summed E-state index contributed by atoms with van der Waals surface area (Å²) in [6.45, 7) is 5.80. The van der Waals surface area contributed by atoms with E-state index < -0.39 is 0 Å². The van der Waals surface area contributed by atoms with Gasteiger partial charge in [0.05, 0.1) is 17.2 Å². The molecule has 0 aliphatic carbocycles. The first kappa shape index (κ1) is 18.0. The summed E-state index contributed by atoms with van der Waals surface area (Å²) in [5.74, 6) is 1.93. The number of hydrogen-bond donors (Lipinski definition) is 2. The second kappa shape index (κ2) is 9.85. The Labute approximate surface area is 134 Å². The summed E-state index contributed by atoms with van der Waals surface area (Å²) >= 11 is 3.56. The summed E-state index contributed by atoms with van der Waals surface area (Å²) in [5, 5.41) is 7.68. The summed E-state index contributed by atoms with van der Waals surface area (Å²) in [4.78, 5) is 9.86. The first-order chi connectivity index (χ1) is 8.17. The van der Waals surface area contributed by atoms with Crippen molar-refractivity contribution in [2.24, 2.45) is 4.99 Å². The highest BCUT2D eigenvalue weighted by Crippen LogP contribution is 2.16. The molecule has 104 valence electrons. The van der Waals surface area contributed by atoms with Gasteiger partial charge in [0.15, 0.2) is 5.96 Å². The molecule has 7 heteroatoms. The minimum atomic E-state index is 0. The molecule has 0 aliphatic rings. The van der Waals surface area contributed by atoms with Crippen LogP contribution in [-0.4, -0.2) is 36.5 Å². The fourth-order valence-corrected chi connectivity index (χ4v) is 2.58. The molecule has 1 aromatic rings. The van der Waals surface area contributed by atoms with Crippen LogP contribution in [0.5, 0.6) is 0 Å². The average Bonchev–Trinajstić information content (AvgIpc) is 2.62. The number of hydrogen-bond acceptors (Lipinski definition) is 4. The van der Waals surface area contributed by atoms with Crippen molar-refractivity contribution in [2.75, 3.05) is 25.6 Å². The molecule has 1 heterocycles. The summed E-state index contributed by atoms with van der Waals surface area (Å²) in [5.41, 5.74) is 1.11. The number of halogens is 1. The third-order valence-electron chi connectivity index (χ3n) is 2.24. The molecule has 0 unspecified atom stereocenters. The Morgan fingerprint density at radius 1 is 1.39 bits per heavy atom. The van der Waals surface area contributed by atoms with Crippen molar-refractivity contribution in [3.63, 3.8) is 0 Å². The fraction of sp³-hybridized carbons (Fsp3) is 0.636. The standard InChI is InChI=1S/C11H20N4S2.HI/c1-8-10(17-9(2)15-8)7-14-11(12-3)13-5-6-16-4;/h5-7H2,1-4H3,(H2,12,13,14);1H. The lowest BCUT2D eigenvalue weighted by molar-refractivity contribution is 0.836. The lowest BCUT2D eigenvalue weighted by Crippen LogP contribution is -2.37. The van der Waals surface area contributed by atoms with Crippen molar-refractivity contribution in [1.82, 2.24) is 15.6 Å². The van der Waals surface area contributed by atoms with E-state index in [4.69, 9.17) is 0 Å². The van der Waals surface area contributed by atoms with Gasteiger partial charge in [-0.2, -0.15) is 11.8 Å². The van der Waals surface area contributed by atoms with Crippen molar-refractivity contribution < 1.29 is 0 Å². The van der Waals surface area contributed by atoms with E-state index in [0.29, 0.717) is 0 Å². The Bertz CT molecular complexity index is 379. The van der Waals surface area contributed by atoms with Crippen molar-refractivity contribution in [3.8, 4) is 0 Å². The molecule has 0 spiro atoms. The van der Waals surface area contributed by atoms with Crippen LogP contribution in [0.2, 0.25) is 0 Å². The van der Waals surface area contributed by atoms with E-state index in [2.05, 4.69) is 26.9 Å². The van der Waals surface area contributed by atoms with Gasteiger partial charge >= 0.3 is 0 Å². The second-order valence-electron chi connectivity index (χ2n) is 3.59. The third-order valence-corrected chi connectivity index (χ3v) is 3.92. The van der Waals surface area contributed by atoms with Crippen LogP contribution in [0.4, 0.5) is 0 Å². The molecule has 1 aromatic heterocycles. The predicted octanol–water partition coefficient (Wildman–Crippen LogP) is 2.41. The second-order valence-corrected chi connectivity index (χ2v) is 5.86. The van der Waals surface area contributed by atoms with E-state index in [1.807, 2.05) is 25.6 Å². The van der Waals surface area contributed by atoms with Crippen LogP contribution in [-0.2, 0) is 6.54 Å². The van der Waals surface area contributed by atoms with E-state index in [9.17, 15) is 0 Å². The van der Waals surface area contributed by atoms with Gasteiger partial charge < -0.3 is 10.6 Å². The summed E-state index contributed by atoms with van der Waals surface area (Å²) in [7, 11) is 1.79. The number of thiazole rings is 1. The van der Waals surface area contributed by atoms with Gasteiger partial charge in [-0.1, -0.05) is 0 Å². The third kappa shape index (κ3) is 6.24. The largest absolute Gasteiger partial charge is 0.356 e. The van der Waals surface area contributed by atoms with E-state index in [-0.39, 0.29) is 24.0 Å². The molecule has 0 aliphatic heterocycles. The zero-order valence-corrected chi connectivity index (χ0v) is 15.2. The number of nitrogens with zero attached hydrogens (tertiary/aromatic N) is 2. The van der Waals surface area contributed by atoms with Gasteiger partial charge in [0.25, 0.3) is 0 Å². The molecule has 18 heavy (non-hydrogen) atoms. The molecule has 0 aromatic carbocycles. The van der Waals surface area contributed by atoms with Crippen LogP contribution < -0.4 is 10.6 Å². The SMILES string of the molecule is CN=C(NCCSC)NCc1sc(C)nc1C.I. The maximum Gasteiger partial charge on any atom is 0.191 e. The van der Waals surface area contributed by atoms with Gasteiger partial charge in [-0.05, 0) is 20.1 Å². The highest BCUT2D eigenvalue weighted by molar-refractivity contribution is 14.0. The van der Waals surface area contributed by atoms with E-state index in [1.165, 1.54) is 4.88 Å². The topological polar surface area (TPSA) is 49.3 Å². The highest BCUT2D eigenvalue weighted by atomic mass is 127. The average molecular weight is 400 g/mol. The van der Waals surface area contributed by atoms with Crippen molar-refractivity contribution >= 4 is 53.0 Å². The fourth-order valence-electron chi connectivity index (χ4n) is 1.39. The zero-order chi connectivity index (χ0) is 12.7. The first-order valence-corrected chi connectivity index (χ1v) is 7.74.